The molecule has 0 aromatic heterocycles. The van der Waals surface area contributed by atoms with E-state index in [4.69, 9.17) is 5.11 Å². The molecule has 0 aliphatic rings. The fourth-order valence-corrected chi connectivity index (χ4v) is 1.65. The molecule has 0 aliphatic carbocycles. The fraction of sp³-hybridized carbons (Fsp3) is 0.462. The summed E-state index contributed by atoms with van der Waals surface area (Å²) < 4.78 is 13.3. The molecule has 0 radical (unpaired) electrons. The Bertz CT molecular complexity index is 368. The maximum absolute atomic E-state index is 13.3. The van der Waals surface area contributed by atoms with Gasteiger partial charge >= 0.3 is 5.97 Å². The van der Waals surface area contributed by atoms with Gasteiger partial charge in [-0.15, -0.1) is 0 Å². The van der Waals surface area contributed by atoms with E-state index in [1.807, 2.05) is 18.0 Å². The standard InChI is InChI=1S/C13H18FNO2/c1-15(9-5-4-8-13(16)17)10-11-6-2-3-7-12(11)14/h2-3,6-7H,4-5,8-10H2,1H3,(H,16,17). The highest BCUT2D eigenvalue weighted by atomic mass is 19.1. The molecule has 4 heteroatoms. The largest absolute Gasteiger partial charge is 0.481 e. The van der Waals surface area contributed by atoms with Gasteiger partial charge in [-0.05, 0) is 32.5 Å². The number of aliphatic carboxylic acids is 1. The van der Waals surface area contributed by atoms with E-state index in [9.17, 15) is 9.18 Å². The van der Waals surface area contributed by atoms with Gasteiger partial charge in [0, 0.05) is 18.5 Å². The second-order valence-corrected chi connectivity index (χ2v) is 4.18. The van der Waals surface area contributed by atoms with Gasteiger partial charge in [-0.25, -0.2) is 4.39 Å². The van der Waals surface area contributed by atoms with Gasteiger partial charge in [0.1, 0.15) is 5.82 Å². The number of nitrogens with zero attached hydrogens (tertiary/aromatic N) is 1. The lowest BCUT2D eigenvalue weighted by atomic mass is 10.2. The summed E-state index contributed by atoms with van der Waals surface area (Å²) in [5.74, 6) is -0.952. The Morgan fingerprint density at radius 3 is 2.71 bits per heavy atom. The number of rotatable bonds is 7. The highest BCUT2D eigenvalue weighted by Gasteiger charge is 2.05. The third-order valence-corrected chi connectivity index (χ3v) is 2.58. The molecule has 1 aromatic carbocycles. The lowest BCUT2D eigenvalue weighted by molar-refractivity contribution is -0.137. The van der Waals surface area contributed by atoms with E-state index in [1.165, 1.54) is 6.07 Å². The number of carboxylic acid groups (broad SMARTS) is 1. The molecular weight excluding hydrogens is 221 g/mol. The van der Waals surface area contributed by atoms with Crippen molar-refractivity contribution >= 4 is 5.97 Å². The molecule has 1 N–H and O–H groups in total. The summed E-state index contributed by atoms with van der Waals surface area (Å²) in [7, 11) is 1.91. The SMILES string of the molecule is CN(CCCCC(=O)O)Cc1ccccc1F. The Morgan fingerprint density at radius 2 is 2.06 bits per heavy atom. The average molecular weight is 239 g/mol. The highest BCUT2D eigenvalue weighted by molar-refractivity contribution is 5.66. The predicted molar refractivity (Wildman–Crippen MR) is 64.2 cm³/mol. The van der Waals surface area contributed by atoms with Crippen LogP contribution >= 0.6 is 0 Å². The van der Waals surface area contributed by atoms with Crippen LogP contribution in [0.25, 0.3) is 0 Å². The summed E-state index contributed by atoms with van der Waals surface area (Å²) in [5.41, 5.74) is 0.674. The van der Waals surface area contributed by atoms with Crippen molar-refractivity contribution < 1.29 is 14.3 Å². The quantitative estimate of drug-likeness (QED) is 0.743. The van der Waals surface area contributed by atoms with E-state index in [-0.39, 0.29) is 12.2 Å². The number of hydrogen-bond acceptors (Lipinski definition) is 2. The van der Waals surface area contributed by atoms with E-state index in [0.717, 1.165) is 13.0 Å². The van der Waals surface area contributed by atoms with Crippen LogP contribution in [0.1, 0.15) is 24.8 Å². The molecular formula is C13H18FNO2. The topological polar surface area (TPSA) is 40.5 Å². The van der Waals surface area contributed by atoms with Crippen molar-refractivity contribution in [2.45, 2.75) is 25.8 Å². The first-order valence-electron chi connectivity index (χ1n) is 5.73. The van der Waals surface area contributed by atoms with E-state index in [2.05, 4.69) is 0 Å². The number of benzene rings is 1. The van der Waals surface area contributed by atoms with Crippen molar-refractivity contribution in [2.75, 3.05) is 13.6 Å². The van der Waals surface area contributed by atoms with Crippen LogP contribution in [0.3, 0.4) is 0 Å². The van der Waals surface area contributed by atoms with Crippen molar-refractivity contribution in [2.24, 2.45) is 0 Å². The van der Waals surface area contributed by atoms with Crippen molar-refractivity contribution in [1.29, 1.82) is 0 Å². The van der Waals surface area contributed by atoms with Gasteiger partial charge in [-0.1, -0.05) is 18.2 Å². The van der Waals surface area contributed by atoms with Crippen LogP contribution < -0.4 is 0 Å². The van der Waals surface area contributed by atoms with Crippen LogP contribution in [0.4, 0.5) is 4.39 Å². The summed E-state index contributed by atoms with van der Waals surface area (Å²) in [5, 5.41) is 8.49. The smallest absolute Gasteiger partial charge is 0.303 e. The van der Waals surface area contributed by atoms with Crippen LogP contribution in [0.2, 0.25) is 0 Å². The monoisotopic (exact) mass is 239 g/mol. The number of carboxylic acids is 1. The Labute approximate surface area is 101 Å². The molecule has 3 nitrogen and oxygen atoms in total. The van der Waals surface area contributed by atoms with Gasteiger partial charge in [-0.2, -0.15) is 0 Å². The molecule has 0 unspecified atom stereocenters. The molecule has 0 aliphatic heterocycles. The van der Waals surface area contributed by atoms with E-state index in [1.54, 1.807) is 12.1 Å². The number of carbonyl (C=O) groups is 1. The van der Waals surface area contributed by atoms with Crippen LogP contribution in [-0.4, -0.2) is 29.6 Å². The maximum Gasteiger partial charge on any atom is 0.303 e. The Balaban J connectivity index is 2.27. The number of unbranched alkanes of at least 4 members (excludes halogenated alkanes) is 1. The fourth-order valence-electron chi connectivity index (χ4n) is 1.65. The Kier molecular flexibility index (Phi) is 5.63. The summed E-state index contributed by atoms with van der Waals surface area (Å²) >= 11 is 0. The first kappa shape index (κ1) is 13.6. The van der Waals surface area contributed by atoms with Gasteiger partial charge in [-0.3, -0.25) is 4.79 Å². The average Bonchev–Trinajstić information content (AvgIpc) is 2.27. The summed E-state index contributed by atoms with van der Waals surface area (Å²) in [6.45, 7) is 1.33. The molecule has 17 heavy (non-hydrogen) atoms. The third kappa shape index (κ3) is 5.45. The predicted octanol–water partition coefficient (Wildman–Crippen LogP) is 2.51. The van der Waals surface area contributed by atoms with Crippen molar-refractivity contribution in [1.82, 2.24) is 4.90 Å². The first-order chi connectivity index (χ1) is 8.09. The molecule has 0 spiro atoms. The molecule has 1 rings (SSSR count). The minimum absolute atomic E-state index is 0.190. The molecule has 0 saturated heterocycles. The van der Waals surface area contributed by atoms with Gasteiger partial charge in [0.15, 0.2) is 0 Å². The second kappa shape index (κ2) is 7.01. The van der Waals surface area contributed by atoms with Crippen LogP contribution in [0.5, 0.6) is 0 Å². The molecule has 0 fully saturated rings. The summed E-state index contributed by atoms with van der Waals surface area (Å²) in [6, 6.07) is 6.71. The zero-order valence-electron chi connectivity index (χ0n) is 10.0. The Hall–Kier alpha value is -1.42. The highest BCUT2D eigenvalue weighted by Crippen LogP contribution is 2.09. The minimum Gasteiger partial charge on any atom is -0.481 e. The van der Waals surface area contributed by atoms with Crippen LogP contribution in [0.15, 0.2) is 24.3 Å². The molecule has 94 valence electrons. The van der Waals surface area contributed by atoms with Crippen molar-refractivity contribution in [3.63, 3.8) is 0 Å². The van der Waals surface area contributed by atoms with Crippen LogP contribution in [0, 0.1) is 5.82 Å². The lowest BCUT2D eigenvalue weighted by Crippen LogP contribution is -2.20. The van der Waals surface area contributed by atoms with Crippen LogP contribution in [-0.2, 0) is 11.3 Å². The van der Waals surface area contributed by atoms with Crippen molar-refractivity contribution in [3.8, 4) is 0 Å². The van der Waals surface area contributed by atoms with Gasteiger partial charge in [0.05, 0.1) is 0 Å². The first-order valence-corrected chi connectivity index (χ1v) is 5.73. The maximum atomic E-state index is 13.3. The molecule has 0 heterocycles. The zero-order chi connectivity index (χ0) is 12.7. The second-order valence-electron chi connectivity index (χ2n) is 4.18. The van der Waals surface area contributed by atoms with Gasteiger partial charge in [0.25, 0.3) is 0 Å². The summed E-state index contributed by atoms with van der Waals surface area (Å²) in [6.07, 6.45) is 1.68. The molecule has 0 saturated carbocycles. The van der Waals surface area contributed by atoms with E-state index >= 15 is 0 Å². The molecule has 0 amide bonds. The zero-order valence-corrected chi connectivity index (χ0v) is 10.0. The summed E-state index contributed by atoms with van der Waals surface area (Å²) in [4.78, 5) is 12.3. The van der Waals surface area contributed by atoms with Gasteiger partial charge in [0.2, 0.25) is 0 Å². The normalized spacial score (nSPS) is 10.8. The van der Waals surface area contributed by atoms with Crippen molar-refractivity contribution in [3.05, 3.63) is 35.6 Å². The van der Waals surface area contributed by atoms with Gasteiger partial charge < -0.3 is 10.0 Å². The number of hydrogen-bond donors (Lipinski definition) is 1. The minimum atomic E-state index is -0.762. The number of halogens is 1. The molecule has 0 bridgehead atoms. The van der Waals surface area contributed by atoms with E-state index < -0.39 is 5.97 Å². The van der Waals surface area contributed by atoms with E-state index in [0.29, 0.717) is 18.5 Å². The molecule has 0 atom stereocenters. The third-order valence-electron chi connectivity index (χ3n) is 2.58. The molecule has 1 aromatic rings. The lowest BCUT2D eigenvalue weighted by Gasteiger charge is -2.16. The Morgan fingerprint density at radius 1 is 1.35 bits per heavy atom.